The molecule has 0 aromatic heterocycles. The Morgan fingerprint density at radius 3 is 1.61 bits per heavy atom. The molecule has 36 heavy (non-hydrogen) atoms. The zero-order valence-electron chi connectivity index (χ0n) is 20.4. The second-order valence-electron chi connectivity index (χ2n) is 7.21. The molecule has 196 valence electrons. The lowest BCUT2D eigenvalue weighted by Crippen LogP contribution is -2.28. The molecule has 0 aliphatic rings. The van der Waals surface area contributed by atoms with E-state index in [2.05, 4.69) is 10.6 Å². The van der Waals surface area contributed by atoms with E-state index in [1.807, 2.05) is 0 Å². The molecule has 0 fully saturated rings. The quantitative estimate of drug-likeness (QED) is 0.310. The van der Waals surface area contributed by atoms with Gasteiger partial charge in [-0.25, -0.2) is 0 Å². The van der Waals surface area contributed by atoms with E-state index in [1.54, 1.807) is 37.3 Å². The highest BCUT2D eigenvalue weighted by Gasteiger charge is 2.23. The Morgan fingerprint density at radius 2 is 1.25 bits per heavy atom. The fraction of sp³-hybridized carbons (Fsp3) is 0.333. The smallest absolute Gasteiger partial charge is 0.318 e. The van der Waals surface area contributed by atoms with Gasteiger partial charge in [0.25, 0.3) is 0 Å². The normalized spacial score (nSPS) is 11.6. The molecule has 3 N–H and O–H groups in total. The van der Waals surface area contributed by atoms with Crippen molar-refractivity contribution in [2.75, 3.05) is 31.5 Å². The summed E-state index contributed by atoms with van der Waals surface area (Å²) in [7, 11) is 2.93. The average Bonchev–Trinajstić information content (AvgIpc) is 2.85. The summed E-state index contributed by atoms with van der Waals surface area (Å²) in [5.74, 6) is -3.90. The van der Waals surface area contributed by atoms with E-state index >= 15 is 0 Å². The van der Waals surface area contributed by atoms with Gasteiger partial charge in [-0.3, -0.25) is 19.2 Å². The third-order valence-electron chi connectivity index (χ3n) is 4.63. The number of benzene rings is 2. The SMILES string of the molecule is CCOC(=O)C(C)C(=O)Nc1ccc(Cl)c(OC)c1.COc1cc(NC(=O)C(C)C(=O)O)ccc1Cl. The number of ether oxygens (including phenoxy) is 3. The van der Waals surface area contributed by atoms with Crippen LogP contribution in [0.15, 0.2) is 36.4 Å². The predicted molar refractivity (Wildman–Crippen MR) is 136 cm³/mol. The number of halogens is 2. The van der Waals surface area contributed by atoms with Gasteiger partial charge in [-0.2, -0.15) is 0 Å². The van der Waals surface area contributed by atoms with Gasteiger partial charge in [0.2, 0.25) is 11.8 Å². The zero-order chi connectivity index (χ0) is 27.4. The molecule has 2 amide bonds. The summed E-state index contributed by atoms with van der Waals surface area (Å²) >= 11 is 11.7. The minimum Gasteiger partial charge on any atom is -0.495 e. The summed E-state index contributed by atoms with van der Waals surface area (Å²) in [6.45, 7) is 4.73. The molecule has 2 unspecified atom stereocenters. The molecule has 0 heterocycles. The molecular weight excluding hydrogens is 515 g/mol. The molecule has 12 heteroatoms. The Bertz CT molecular complexity index is 1090. The van der Waals surface area contributed by atoms with Crippen molar-refractivity contribution in [3.05, 3.63) is 46.4 Å². The minimum atomic E-state index is -1.18. The number of amides is 2. The highest BCUT2D eigenvalue weighted by atomic mass is 35.5. The third kappa shape index (κ3) is 9.27. The van der Waals surface area contributed by atoms with Crippen LogP contribution in [0.2, 0.25) is 10.0 Å². The van der Waals surface area contributed by atoms with E-state index in [9.17, 15) is 19.2 Å². The van der Waals surface area contributed by atoms with Crippen LogP contribution < -0.4 is 20.1 Å². The standard InChI is InChI=1S/C13H16ClNO4.C11H12ClNO4/c1-4-19-13(17)8(2)12(16)15-9-5-6-10(14)11(7-9)18-3;1-6(11(15)16)10(14)13-7-3-4-8(12)9(5-7)17-2/h5-8H,4H2,1-3H3,(H,15,16);3-6H,1-2H3,(H,13,14)(H,15,16). The van der Waals surface area contributed by atoms with Crippen LogP contribution >= 0.6 is 23.2 Å². The number of nitrogens with one attached hydrogen (secondary N) is 2. The number of aliphatic carboxylic acids is 1. The van der Waals surface area contributed by atoms with Crippen LogP contribution in [0.1, 0.15) is 20.8 Å². The molecule has 0 spiro atoms. The molecule has 2 atom stereocenters. The number of anilines is 2. The van der Waals surface area contributed by atoms with Crippen molar-refractivity contribution < 1.29 is 38.5 Å². The lowest BCUT2D eigenvalue weighted by molar-refractivity contribution is -0.150. The van der Waals surface area contributed by atoms with E-state index in [-0.39, 0.29) is 6.61 Å². The molecule has 0 bridgehead atoms. The number of carbonyl (C=O) groups excluding carboxylic acids is 3. The third-order valence-corrected chi connectivity index (χ3v) is 5.26. The van der Waals surface area contributed by atoms with Crippen LogP contribution in [0.3, 0.4) is 0 Å². The zero-order valence-corrected chi connectivity index (χ0v) is 21.9. The first kappa shape index (κ1) is 30.5. The summed E-state index contributed by atoms with van der Waals surface area (Å²) < 4.78 is 14.8. The maximum atomic E-state index is 11.8. The van der Waals surface area contributed by atoms with Crippen LogP contribution in [-0.4, -0.2) is 49.7 Å². The molecule has 10 nitrogen and oxygen atoms in total. The van der Waals surface area contributed by atoms with Crippen molar-refractivity contribution in [1.82, 2.24) is 0 Å². The molecule has 0 saturated heterocycles. The summed E-state index contributed by atoms with van der Waals surface area (Å²) in [6.07, 6.45) is 0. The van der Waals surface area contributed by atoms with Crippen molar-refractivity contribution >= 4 is 58.3 Å². The highest BCUT2D eigenvalue weighted by Crippen LogP contribution is 2.28. The monoisotopic (exact) mass is 542 g/mol. The van der Waals surface area contributed by atoms with Crippen molar-refractivity contribution in [3.8, 4) is 11.5 Å². The van der Waals surface area contributed by atoms with Gasteiger partial charge in [-0.1, -0.05) is 23.2 Å². The summed E-state index contributed by atoms with van der Waals surface area (Å²) in [5.41, 5.74) is 0.937. The van der Waals surface area contributed by atoms with Crippen molar-refractivity contribution in [2.24, 2.45) is 11.8 Å². The molecule has 0 aliphatic heterocycles. The van der Waals surface area contributed by atoms with Gasteiger partial charge in [0, 0.05) is 23.5 Å². The largest absolute Gasteiger partial charge is 0.495 e. The number of carboxylic acids is 1. The lowest BCUT2D eigenvalue weighted by atomic mass is 10.1. The number of hydrogen-bond acceptors (Lipinski definition) is 7. The van der Waals surface area contributed by atoms with Crippen molar-refractivity contribution in [1.29, 1.82) is 0 Å². The lowest BCUT2D eigenvalue weighted by Gasteiger charge is -2.12. The molecule has 0 aliphatic carbocycles. The topological polar surface area (TPSA) is 140 Å². The fourth-order valence-corrected chi connectivity index (χ4v) is 2.85. The number of carboxylic acid groups (broad SMARTS) is 1. The first-order valence-corrected chi connectivity index (χ1v) is 11.4. The first-order valence-electron chi connectivity index (χ1n) is 10.6. The molecule has 2 rings (SSSR count). The number of esters is 1. The van der Waals surface area contributed by atoms with E-state index in [4.69, 9.17) is 42.5 Å². The Kier molecular flexibility index (Phi) is 12.5. The van der Waals surface area contributed by atoms with Gasteiger partial charge < -0.3 is 30.0 Å². The Morgan fingerprint density at radius 1 is 0.833 bits per heavy atom. The molecule has 2 aromatic rings. The van der Waals surface area contributed by atoms with Crippen molar-refractivity contribution in [2.45, 2.75) is 20.8 Å². The van der Waals surface area contributed by atoms with Crippen LogP contribution in [0.4, 0.5) is 11.4 Å². The average molecular weight is 543 g/mol. The summed E-state index contributed by atoms with van der Waals surface area (Å²) in [6, 6.07) is 9.46. The van der Waals surface area contributed by atoms with E-state index in [0.29, 0.717) is 32.9 Å². The highest BCUT2D eigenvalue weighted by molar-refractivity contribution is 6.32. The molecule has 0 radical (unpaired) electrons. The number of hydrogen-bond donors (Lipinski definition) is 3. The second-order valence-corrected chi connectivity index (χ2v) is 8.03. The predicted octanol–water partition coefficient (Wildman–Crippen LogP) is 4.49. The molecule has 2 aromatic carbocycles. The van der Waals surface area contributed by atoms with Gasteiger partial charge in [0.1, 0.15) is 23.3 Å². The second kappa shape index (κ2) is 14.8. The number of methoxy groups -OCH3 is 2. The van der Waals surface area contributed by atoms with E-state index in [0.717, 1.165) is 0 Å². The summed E-state index contributed by atoms with van der Waals surface area (Å²) in [4.78, 5) is 45.3. The fourth-order valence-electron chi connectivity index (χ4n) is 2.46. The van der Waals surface area contributed by atoms with Gasteiger partial charge >= 0.3 is 11.9 Å². The maximum absolute atomic E-state index is 11.8. The van der Waals surface area contributed by atoms with Crippen molar-refractivity contribution in [3.63, 3.8) is 0 Å². The first-order chi connectivity index (χ1) is 16.9. The van der Waals surface area contributed by atoms with E-state index in [1.165, 1.54) is 34.1 Å². The van der Waals surface area contributed by atoms with E-state index < -0.39 is 35.6 Å². The van der Waals surface area contributed by atoms with Crippen LogP contribution in [0.5, 0.6) is 11.5 Å². The molecular formula is C24H28Cl2N2O8. The number of rotatable bonds is 9. The van der Waals surface area contributed by atoms with Crippen LogP contribution in [-0.2, 0) is 23.9 Å². The Labute approximate surface area is 218 Å². The summed E-state index contributed by atoms with van der Waals surface area (Å²) in [5, 5.41) is 14.6. The molecule has 0 saturated carbocycles. The van der Waals surface area contributed by atoms with Crippen LogP contribution in [0.25, 0.3) is 0 Å². The minimum absolute atomic E-state index is 0.241. The Hall–Kier alpha value is -3.50. The maximum Gasteiger partial charge on any atom is 0.318 e. The van der Waals surface area contributed by atoms with Crippen LogP contribution in [0, 0.1) is 11.8 Å². The van der Waals surface area contributed by atoms with Gasteiger partial charge in [-0.05, 0) is 45.0 Å². The Balaban J connectivity index is 0.000000362. The van der Waals surface area contributed by atoms with Gasteiger partial charge in [0.05, 0.1) is 30.9 Å². The van der Waals surface area contributed by atoms with Gasteiger partial charge in [0.15, 0.2) is 0 Å². The number of carbonyl (C=O) groups is 4. The van der Waals surface area contributed by atoms with Gasteiger partial charge in [-0.15, -0.1) is 0 Å².